The summed E-state index contributed by atoms with van der Waals surface area (Å²) in [5.41, 5.74) is -0.0644. The largest absolute Gasteiger partial charge is 0.478 e. The van der Waals surface area contributed by atoms with Crippen molar-refractivity contribution < 1.29 is 19.5 Å². The van der Waals surface area contributed by atoms with Crippen molar-refractivity contribution in [1.82, 2.24) is 4.90 Å². The standard InChI is InChI=1S/C8H7NO4/c1-5(8(12)13)4-9-6(10)2-3-7(9)11/h2-4H,1H3,(H,12,13). The smallest absolute Gasteiger partial charge is 0.332 e. The van der Waals surface area contributed by atoms with Crippen LogP contribution >= 0.6 is 0 Å². The van der Waals surface area contributed by atoms with E-state index in [4.69, 9.17) is 5.11 Å². The van der Waals surface area contributed by atoms with Crippen LogP contribution in [0.1, 0.15) is 6.92 Å². The van der Waals surface area contributed by atoms with Gasteiger partial charge < -0.3 is 5.11 Å². The van der Waals surface area contributed by atoms with Crippen molar-refractivity contribution in [1.29, 1.82) is 0 Å². The first-order valence-electron chi connectivity index (χ1n) is 3.49. The number of hydrogen-bond donors (Lipinski definition) is 1. The molecule has 0 unspecified atom stereocenters. The highest BCUT2D eigenvalue weighted by atomic mass is 16.4. The van der Waals surface area contributed by atoms with E-state index < -0.39 is 17.8 Å². The Labute approximate surface area is 73.9 Å². The maximum Gasteiger partial charge on any atom is 0.332 e. The third-order valence-corrected chi connectivity index (χ3v) is 1.50. The minimum absolute atomic E-state index is 0.0644. The first kappa shape index (κ1) is 9.18. The number of carbonyl (C=O) groups is 3. The molecule has 68 valence electrons. The minimum atomic E-state index is -1.16. The van der Waals surface area contributed by atoms with Gasteiger partial charge in [0.2, 0.25) is 0 Å². The van der Waals surface area contributed by atoms with Crippen molar-refractivity contribution >= 4 is 17.8 Å². The summed E-state index contributed by atoms with van der Waals surface area (Å²) in [7, 11) is 0. The van der Waals surface area contributed by atoms with Crippen molar-refractivity contribution in [2.24, 2.45) is 0 Å². The number of carboxylic acid groups (broad SMARTS) is 1. The molecule has 1 aliphatic rings. The molecule has 0 spiro atoms. The van der Waals surface area contributed by atoms with E-state index in [1.807, 2.05) is 0 Å². The van der Waals surface area contributed by atoms with Crippen LogP contribution in [-0.4, -0.2) is 27.8 Å². The van der Waals surface area contributed by atoms with E-state index in [1.54, 1.807) is 0 Å². The SMILES string of the molecule is CC(=CN1C(=O)C=CC1=O)C(=O)O. The van der Waals surface area contributed by atoms with Crippen LogP contribution in [0.5, 0.6) is 0 Å². The predicted molar refractivity (Wildman–Crippen MR) is 42.4 cm³/mol. The molecule has 1 rings (SSSR count). The fraction of sp³-hybridized carbons (Fsp3) is 0.125. The summed E-state index contributed by atoms with van der Waals surface area (Å²) in [6, 6.07) is 0. The molecule has 0 atom stereocenters. The second-order valence-corrected chi connectivity index (χ2v) is 2.50. The zero-order valence-corrected chi connectivity index (χ0v) is 6.85. The summed E-state index contributed by atoms with van der Waals surface area (Å²) < 4.78 is 0. The summed E-state index contributed by atoms with van der Waals surface area (Å²) >= 11 is 0. The summed E-state index contributed by atoms with van der Waals surface area (Å²) in [5.74, 6) is -2.20. The molecule has 0 saturated heterocycles. The number of aliphatic carboxylic acids is 1. The average molecular weight is 181 g/mol. The van der Waals surface area contributed by atoms with E-state index in [9.17, 15) is 14.4 Å². The molecule has 0 radical (unpaired) electrons. The number of rotatable bonds is 2. The lowest BCUT2D eigenvalue weighted by molar-refractivity contribution is -0.133. The fourth-order valence-corrected chi connectivity index (χ4v) is 0.788. The van der Waals surface area contributed by atoms with Gasteiger partial charge in [-0.15, -0.1) is 0 Å². The minimum Gasteiger partial charge on any atom is -0.478 e. The van der Waals surface area contributed by atoms with Gasteiger partial charge in [-0.1, -0.05) is 0 Å². The molecule has 13 heavy (non-hydrogen) atoms. The molecule has 0 saturated carbocycles. The zero-order chi connectivity index (χ0) is 10.0. The van der Waals surface area contributed by atoms with Gasteiger partial charge in [0.25, 0.3) is 11.8 Å². The number of hydrogen-bond acceptors (Lipinski definition) is 3. The third kappa shape index (κ3) is 1.81. The van der Waals surface area contributed by atoms with Crippen molar-refractivity contribution in [3.8, 4) is 0 Å². The molecule has 0 aromatic heterocycles. The van der Waals surface area contributed by atoms with Gasteiger partial charge in [0, 0.05) is 18.4 Å². The van der Waals surface area contributed by atoms with Crippen molar-refractivity contribution in [2.75, 3.05) is 0 Å². The van der Waals surface area contributed by atoms with E-state index in [2.05, 4.69) is 0 Å². The van der Waals surface area contributed by atoms with Crippen LogP contribution in [0, 0.1) is 0 Å². The van der Waals surface area contributed by atoms with Gasteiger partial charge in [0.1, 0.15) is 0 Å². The second-order valence-electron chi connectivity index (χ2n) is 2.50. The highest BCUT2D eigenvalue weighted by Gasteiger charge is 2.21. The Bertz CT molecular complexity index is 322. The topological polar surface area (TPSA) is 74.7 Å². The van der Waals surface area contributed by atoms with Crippen LogP contribution in [0.3, 0.4) is 0 Å². The molecular weight excluding hydrogens is 174 g/mol. The molecule has 0 aromatic carbocycles. The molecule has 0 aliphatic carbocycles. The molecule has 5 heteroatoms. The number of amides is 2. The molecule has 1 aliphatic heterocycles. The average Bonchev–Trinajstić information content (AvgIpc) is 2.35. The Morgan fingerprint density at radius 1 is 1.38 bits per heavy atom. The van der Waals surface area contributed by atoms with Crippen LogP contribution in [-0.2, 0) is 14.4 Å². The van der Waals surface area contributed by atoms with Gasteiger partial charge in [-0.05, 0) is 6.92 Å². The fourth-order valence-electron chi connectivity index (χ4n) is 0.788. The Balaban J connectivity index is 2.86. The molecule has 0 bridgehead atoms. The van der Waals surface area contributed by atoms with Crippen LogP contribution in [0.25, 0.3) is 0 Å². The summed E-state index contributed by atoms with van der Waals surface area (Å²) in [4.78, 5) is 33.0. The van der Waals surface area contributed by atoms with Crippen LogP contribution in [0.2, 0.25) is 0 Å². The van der Waals surface area contributed by atoms with Crippen molar-refractivity contribution in [3.63, 3.8) is 0 Å². The van der Waals surface area contributed by atoms with Crippen LogP contribution < -0.4 is 0 Å². The molecule has 5 nitrogen and oxygen atoms in total. The number of carbonyl (C=O) groups excluding carboxylic acids is 2. The highest BCUT2D eigenvalue weighted by molar-refractivity contribution is 6.14. The Morgan fingerprint density at radius 2 is 1.85 bits per heavy atom. The van der Waals surface area contributed by atoms with E-state index in [0.29, 0.717) is 0 Å². The lowest BCUT2D eigenvalue weighted by atomic mass is 10.3. The molecule has 1 heterocycles. The van der Waals surface area contributed by atoms with Gasteiger partial charge >= 0.3 is 5.97 Å². The maximum atomic E-state index is 10.9. The monoisotopic (exact) mass is 181 g/mol. The summed E-state index contributed by atoms with van der Waals surface area (Å²) in [6.45, 7) is 1.31. The molecular formula is C8H7NO4. The number of carboxylic acids is 1. The first-order chi connectivity index (χ1) is 6.02. The summed E-state index contributed by atoms with van der Waals surface area (Å²) in [5, 5.41) is 8.48. The van der Waals surface area contributed by atoms with Gasteiger partial charge in [-0.25, -0.2) is 9.69 Å². The van der Waals surface area contributed by atoms with E-state index >= 15 is 0 Å². The van der Waals surface area contributed by atoms with Gasteiger partial charge in [0.15, 0.2) is 0 Å². The van der Waals surface area contributed by atoms with E-state index in [-0.39, 0.29) is 5.57 Å². The normalized spacial score (nSPS) is 17.0. The van der Waals surface area contributed by atoms with E-state index in [1.165, 1.54) is 6.92 Å². The molecule has 0 aromatic rings. The van der Waals surface area contributed by atoms with Crippen molar-refractivity contribution in [2.45, 2.75) is 6.92 Å². The van der Waals surface area contributed by atoms with Crippen LogP contribution in [0.4, 0.5) is 0 Å². The Hall–Kier alpha value is -1.91. The quantitative estimate of drug-likeness (QED) is 0.476. The Kier molecular flexibility index (Phi) is 2.27. The number of imide groups is 1. The molecule has 2 amide bonds. The van der Waals surface area contributed by atoms with E-state index in [0.717, 1.165) is 23.3 Å². The van der Waals surface area contributed by atoms with Gasteiger partial charge in [-0.2, -0.15) is 0 Å². The lowest BCUT2D eigenvalue weighted by Gasteiger charge is -2.07. The molecule has 1 N–H and O–H groups in total. The Morgan fingerprint density at radius 3 is 2.23 bits per heavy atom. The summed E-state index contributed by atoms with van der Waals surface area (Å²) in [6.07, 6.45) is 3.19. The first-order valence-corrected chi connectivity index (χ1v) is 3.49. The van der Waals surface area contributed by atoms with Gasteiger partial charge in [0.05, 0.1) is 5.57 Å². The third-order valence-electron chi connectivity index (χ3n) is 1.50. The van der Waals surface area contributed by atoms with Crippen LogP contribution in [0.15, 0.2) is 23.9 Å². The highest BCUT2D eigenvalue weighted by Crippen LogP contribution is 2.06. The maximum absolute atomic E-state index is 10.9. The van der Waals surface area contributed by atoms with Crippen molar-refractivity contribution in [3.05, 3.63) is 23.9 Å². The second kappa shape index (κ2) is 3.22. The lowest BCUT2D eigenvalue weighted by Crippen LogP contribution is -2.25. The number of nitrogens with zero attached hydrogens (tertiary/aromatic N) is 1. The predicted octanol–water partition coefficient (Wildman–Crippen LogP) is -0.100. The van der Waals surface area contributed by atoms with Gasteiger partial charge in [-0.3, -0.25) is 9.59 Å². The zero-order valence-electron chi connectivity index (χ0n) is 6.85. The molecule has 0 fully saturated rings.